The van der Waals surface area contributed by atoms with Crippen LogP contribution in [-0.2, 0) is 16.8 Å². The van der Waals surface area contributed by atoms with E-state index in [0.29, 0.717) is 22.9 Å². The zero-order valence-electron chi connectivity index (χ0n) is 17.8. The molecule has 0 unspecified atom stereocenters. The zero-order chi connectivity index (χ0) is 21.8. The summed E-state index contributed by atoms with van der Waals surface area (Å²) in [5.41, 5.74) is 4.22. The number of hydrogen-bond donors (Lipinski definition) is 0. The molecule has 1 heterocycles. The van der Waals surface area contributed by atoms with Crippen molar-refractivity contribution in [3.8, 4) is 22.9 Å². The Morgan fingerprint density at radius 1 is 0.839 bits per heavy atom. The van der Waals surface area contributed by atoms with Gasteiger partial charge in [-0.25, -0.2) is 4.79 Å². The highest BCUT2D eigenvalue weighted by atomic mass is 16.5. The van der Waals surface area contributed by atoms with E-state index in [1.54, 1.807) is 18.2 Å². The molecule has 31 heavy (non-hydrogen) atoms. The molecule has 0 radical (unpaired) electrons. The van der Waals surface area contributed by atoms with Gasteiger partial charge < -0.3 is 9.15 Å². The van der Waals surface area contributed by atoms with Crippen LogP contribution in [-0.4, -0.2) is 16.2 Å². The van der Waals surface area contributed by atoms with Gasteiger partial charge >= 0.3 is 5.97 Å². The Bertz CT molecular complexity index is 1170. The monoisotopic (exact) mass is 412 g/mol. The quantitative estimate of drug-likeness (QED) is 0.373. The first-order valence-corrected chi connectivity index (χ1v) is 10.2. The Morgan fingerprint density at radius 2 is 1.48 bits per heavy atom. The van der Waals surface area contributed by atoms with Crippen molar-refractivity contribution in [1.29, 1.82) is 0 Å². The minimum absolute atomic E-state index is 0.0881. The first-order valence-electron chi connectivity index (χ1n) is 10.2. The molecule has 3 aromatic carbocycles. The van der Waals surface area contributed by atoms with Crippen molar-refractivity contribution in [3.63, 3.8) is 0 Å². The van der Waals surface area contributed by atoms with Gasteiger partial charge in [0.05, 0.1) is 5.56 Å². The van der Waals surface area contributed by atoms with Crippen LogP contribution in [0.2, 0.25) is 0 Å². The van der Waals surface area contributed by atoms with Gasteiger partial charge in [-0.1, -0.05) is 69.3 Å². The number of rotatable bonds is 5. The predicted octanol–water partition coefficient (Wildman–Crippen LogP) is 6.06. The molecular formula is C26H24N2O3. The van der Waals surface area contributed by atoms with Gasteiger partial charge in [-0.2, -0.15) is 0 Å². The van der Waals surface area contributed by atoms with E-state index in [9.17, 15) is 4.79 Å². The summed E-state index contributed by atoms with van der Waals surface area (Å²) < 4.78 is 11.3. The molecule has 5 nitrogen and oxygen atoms in total. The molecule has 0 atom stereocenters. The van der Waals surface area contributed by atoms with Gasteiger partial charge in [0.1, 0.15) is 6.61 Å². The molecule has 0 saturated heterocycles. The third-order valence-electron chi connectivity index (χ3n) is 4.98. The van der Waals surface area contributed by atoms with Gasteiger partial charge in [0.25, 0.3) is 0 Å². The van der Waals surface area contributed by atoms with E-state index in [0.717, 1.165) is 11.1 Å². The molecule has 4 aromatic rings. The van der Waals surface area contributed by atoms with Crippen LogP contribution in [0.1, 0.15) is 42.3 Å². The lowest BCUT2D eigenvalue weighted by Gasteiger charge is -2.19. The maximum atomic E-state index is 12.6. The summed E-state index contributed by atoms with van der Waals surface area (Å²) >= 11 is 0. The lowest BCUT2D eigenvalue weighted by atomic mass is 9.87. The summed E-state index contributed by atoms with van der Waals surface area (Å²) in [5.74, 6) is 0.387. The number of carbonyl (C=O) groups excluding carboxylic acids is 1. The Balaban J connectivity index is 1.44. The van der Waals surface area contributed by atoms with Crippen LogP contribution in [0.25, 0.3) is 22.9 Å². The fraction of sp³-hybridized carbons (Fsp3) is 0.192. The van der Waals surface area contributed by atoms with Gasteiger partial charge in [0.2, 0.25) is 11.8 Å². The second-order valence-electron chi connectivity index (χ2n) is 8.38. The Hall–Kier alpha value is -3.73. The smallest absolute Gasteiger partial charge is 0.338 e. The average molecular weight is 412 g/mol. The topological polar surface area (TPSA) is 65.2 Å². The predicted molar refractivity (Wildman–Crippen MR) is 119 cm³/mol. The fourth-order valence-electron chi connectivity index (χ4n) is 3.15. The van der Waals surface area contributed by atoms with Gasteiger partial charge in [0, 0.05) is 11.1 Å². The van der Waals surface area contributed by atoms with E-state index < -0.39 is 5.97 Å². The first kappa shape index (κ1) is 20.5. The number of nitrogens with zero attached hydrogens (tertiary/aromatic N) is 2. The van der Waals surface area contributed by atoms with Crippen LogP contribution in [0.15, 0.2) is 83.3 Å². The van der Waals surface area contributed by atoms with Crippen LogP contribution < -0.4 is 0 Å². The summed E-state index contributed by atoms with van der Waals surface area (Å²) in [5, 5.41) is 8.22. The molecule has 4 rings (SSSR count). The second-order valence-corrected chi connectivity index (χ2v) is 8.38. The maximum Gasteiger partial charge on any atom is 0.338 e. The van der Waals surface area contributed by atoms with Crippen molar-refractivity contribution in [3.05, 3.63) is 95.6 Å². The summed E-state index contributed by atoms with van der Waals surface area (Å²) in [6, 6.07) is 24.7. The highest BCUT2D eigenvalue weighted by Gasteiger charge is 2.15. The summed E-state index contributed by atoms with van der Waals surface area (Å²) in [6.45, 7) is 6.72. The van der Waals surface area contributed by atoms with E-state index in [1.165, 1.54) is 5.56 Å². The lowest BCUT2D eigenvalue weighted by Crippen LogP contribution is -2.11. The third-order valence-corrected chi connectivity index (χ3v) is 4.98. The molecule has 1 aromatic heterocycles. The lowest BCUT2D eigenvalue weighted by molar-refractivity contribution is 0.0472. The second kappa shape index (κ2) is 8.56. The molecule has 0 amide bonds. The summed E-state index contributed by atoms with van der Waals surface area (Å²) in [7, 11) is 0. The van der Waals surface area contributed by atoms with Crippen LogP contribution in [0, 0.1) is 0 Å². The average Bonchev–Trinajstić information content (AvgIpc) is 3.28. The highest BCUT2D eigenvalue weighted by molar-refractivity contribution is 5.90. The van der Waals surface area contributed by atoms with Gasteiger partial charge in [-0.05, 0) is 46.9 Å². The summed E-state index contributed by atoms with van der Waals surface area (Å²) in [4.78, 5) is 12.6. The number of ether oxygens (including phenoxy) is 1. The summed E-state index contributed by atoms with van der Waals surface area (Å²) in [6.07, 6.45) is 0. The molecule has 0 aliphatic heterocycles. The van der Waals surface area contributed by atoms with Gasteiger partial charge in [-0.15, -0.1) is 10.2 Å². The minimum atomic E-state index is -0.399. The van der Waals surface area contributed by atoms with E-state index in [-0.39, 0.29) is 12.0 Å². The SMILES string of the molecule is CC(C)(C)c1ccc(COC(=O)c2cccc(-c3nnc(-c4ccccc4)o3)c2)cc1. The molecular weight excluding hydrogens is 388 g/mol. The Labute approximate surface area is 181 Å². The van der Waals surface area contributed by atoms with Crippen molar-refractivity contribution < 1.29 is 13.9 Å². The van der Waals surface area contributed by atoms with Crippen LogP contribution in [0.5, 0.6) is 0 Å². The van der Waals surface area contributed by atoms with Crippen molar-refractivity contribution in [2.75, 3.05) is 0 Å². The molecule has 0 N–H and O–H groups in total. The van der Waals surface area contributed by atoms with Crippen LogP contribution in [0.4, 0.5) is 0 Å². The normalized spacial score (nSPS) is 11.3. The fourth-order valence-corrected chi connectivity index (χ4v) is 3.15. The van der Waals surface area contributed by atoms with Crippen molar-refractivity contribution in [1.82, 2.24) is 10.2 Å². The minimum Gasteiger partial charge on any atom is -0.457 e. The highest BCUT2D eigenvalue weighted by Crippen LogP contribution is 2.25. The van der Waals surface area contributed by atoms with E-state index in [4.69, 9.17) is 9.15 Å². The number of aromatic nitrogens is 2. The number of carbonyl (C=O) groups is 1. The van der Waals surface area contributed by atoms with Gasteiger partial charge in [0.15, 0.2) is 0 Å². The number of benzene rings is 3. The van der Waals surface area contributed by atoms with Gasteiger partial charge in [-0.3, -0.25) is 0 Å². The van der Waals surface area contributed by atoms with E-state index >= 15 is 0 Å². The molecule has 0 aliphatic rings. The van der Waals surface area contributed by atoms with Crippen molar-refractivity contribution in [2.45, 2.75) is 32.8 Å². The molecule has 156 valence electrons. The van der Waals surface area contributed by atoms with E-state index in [2.05, 4.69) is 43.1 Å². The third kappa shape index (κ3) is 4.89. The Morgan fingerprint density at radius 3 is 2.16 bits per heavy atom. The first-order chi connectivity index (χ1) is 14.9. The maximum absolute atomic E-state index is 12.6. The molecule has 0 bridgehead atoms. The standard InChI is InChI=1S/C26H24N2O3/c1-26(2,3)22-14-12-18(13-15-22)17-30-25(29)21-11-7-10-20(16-21)24-28-27-23(31-24)19-8-5-4-6-9-19/h4-16H,17H2,1-3H3. The Kier molecular flexibility index (Phi) is 5.67. The number of hydrogen-bond acceptors (Lipinski definition) is 5. The van der Waals surface area contributed by atoms with Crippen LogP contribution >= 0.6 is 0 Å². The zero-order valence-corrected chi connectivity index (χ0v) is 17.8. The molecule has 5 heteroatoms. The molecule has 0 aliphatic carbocycles. The van der Waals surface area contributed by atoms with E-state index in [1.807, 2.05) is 48.5 Å². The molecule has 0 fully saturated rings. The molecule has 0 saturated carbocycles. The molecule has 0 spiro atoms. The van der Waals surface area contributed by atoms with Crippen LogP contribution in [0.3, 0.4) is 0 Å². The van der Waals surface area contributed by atoms with Crippen molar-refractivity contribution >= 4 is 5.97 Å². The number of esters is 1. The van der Waals surface area contributed by atoms with Crippen molar-refractivity contribution in [2.24, 2.45) is 0 Å². The largest absolute Gasteiger partial charge is 0.457 e.